The van der Waals surface area contributed by atoms with Gasteiger partial charge in [-0.2, -0.15) is 0 Å². The molecule has 0 saturated carbocycles. The predicted octanol–water partition coefficient (Wildman–Crippen LogP) is 1.84. The fraction of sp³-hybridized carbons (Fsp3) is 0.300. The summed E-state index contributed by atoms with van der Waals surface area (Å²) < 4.78 is 13.2. The van der Waals surface area contributed by atoms with Gasteiger partial charge in [0, 0.05) is 26.2 Å². The Morgan fingerprint density at radius 1 is 1.14 bits per heavy atom. The van der Waals surface area contributed by atoms with Crippen LogP contribution in [-0.2, 0) is 16.0 Å². The van der Waals surface area contributed by atoms with Crippen molar-refractivity contribution >= 4 is 39.2 Å². The minimum atomic E-state index is -0.382. The van der Waals surface area contributed by atoms with Gasteiger partial charge in [-0.1, -0.05) is 12.1 Å². The van der Waals surface area contributed by atoms with E-state index in [1.807, 2.05) is 11.4 Å². The van der Waals surface area contributed by atoms with Crippen LogP contribution in [0.15, 0.2) is 42.0 Å². The molecule has 9 heteroatoms. The molecule has 0 aliphatic carbocycles. The summed E-state index contributed by atoms with van der Waals surface area (Å²) in [7, 11) is 0. The van der Waals surface area contributed by atoms with Crippen molar-refractivity contribution in [3.63, 3.8) is 0 Å². The van der Waals surface area contributed by atoms with E-state index in [1.165, 1.54) is 12.1 Å². The molecule has 0 radical (unpaired) electrons. The van der Waals surface area contributed by atoms with E-state index in [0.29, 0.717) is 31.7 Å². The van der Waals surface area contributed by atoms with Crippen molar-refractivity contribution in [3.05, 3.63) is 53.4 Å². The molecular formula is C20H20FN5O2S. The first-order chi connectivity index (χ1) is 14.1. The number of halogens is 1. The summed E-state index contributed by atoms with van der Waals surface area (Å²) in [5.41, 5.74) is 0.577. The van der Waals surface area contributed by atoms with Crippen molar-refractivity contribution in [2.24, 2.45) is 0 Å². The maximum absolute atomic E-state index is 13.2. The number of amides is 2. The average molecular weight is 413 g/mol. The number of thiophene rings is 1. The van der Waals surface area contributed by atoms with Crippen LogP contribution in [0.25, 0.3) is 10.2 Å². The Bertz CT molecular complexity index is 1030. The van der Waals surface area contributed by atoms with E-state index in [1.54, 1.807) is 34.7 Å². The van der Waals surface area contributed by atoms with Crippen LogP contribution in [0, 0.1) is 5.82 Å². The third kappa shape index (κ3) is 4.51. The maximum Gasteiger partial charge on any atom is 0.242 e. The second-order valence-corrected chi connectivity index (χ2v) is 7.68. The molecule has 1 aliphatic rings. The van der Waals surface area contributed by atoms with Crippen LogP contribution in [0.2, 0.25) is 0 Å². The van der Waals surface area contributed by atoms with Crippen molar-refractivity contribution in [1.82, 2.24) is 20.2 Å². The molecule has 2 aromatic heterocycles. The molecule has 0 bridgehead atoms. The summed E-state index contributed by atoms with van der Waals surface area (Å²) in [6.45, 7) is 2.41. The lowest BCUT2D eigenvalue weighted by Gasteiger charge is -2.35. The number of hydrogen-bond acceptors (Lipinski definition) is 6. The van der Waals surface area contributed by atoms with Gasteiger partial charge in [0.25, 0.3) is 0 Å². The van der Waals surface area contributed by atoms with Crippen molar-refractivity contribution < 1.29 is 14.0 Å². The summed E-state index contributed by atoms with van der Waals surface area (Å²) >= 11 is 1.58. The Balaban J connectivity index is 1.27. The van der Waals surface area contributed by atoms with Crippen molar-refractivity contribution in [2.45, 2.75) is 6.42 Å². The third-order valence-electron chi connectivity index (χ3n) is 4.86. The van der Waals surface area contributed by atoms with Crippen molar-refractivity contribution in [2.75, 3.05) is 37.6 Å². The van der Waals surface area contributed by atoms with Crippen molar-refractivity contribution in [3.8, 4) is 0 Å². The summed E-state index contributed by atoms with van der Waals surface area (Å²) in [4.78, 5) is 38.0. The van der Waals surface area contributed by atoms with E-state index < -0.39 is 0 Å². The first-order valence-electron chi connectivity index (χ1n) is 9.32. The van der Waals surface area contributed by atoms with Gasteiger partial charge in [-0.3, -0.25) is 9.59 Å². The lowest BCUT2D eigenvalue weighted by Crippen LogP contribution is -2.51. The van der Waals surface area contributed by atoms with Gasteiger partial charge in [0.05, 0.1) is 18.4 Å². The topological polar surface area (TPSA) is 78.4 Å². The van der Waals surface area contributed by atoms with Gasteiger partial charge in [-0.05, 0) is 29.1 Å². The molecule has 1 fully saturated rings. The highest BCUT2D eigenvalue weighted by Gasteiger charge is 2.23. The molecule has 1 aliphatic heterocycles. The summed E-state index contributed by atoms with van der Waals surface area (Å²) in [6.07, 6.45) is 1.61. The highest BCUT2D eigenvalue weighted by atomic mass is 32.1. The first kappa shape index (κ1) is 19.3. The van der Waals surface area contributed by atoms with Gasteiger partial charge in [0.15, 0.2) is 0 Å². The SMILES string of the molecule is O=C(Cc1cccc(F)c1)NCC(=O)N1CCN(c2ncnc3sccc23)CC1. The predicted molar refractivity (Wildman–Crippen MR) is 109 cm³/mol. The number of fused-ring (bicyclic) bond motifs is 1. The Morgan fingerprint density at radius 2 is 1.97 bits per heavy atom. The van der Waals surface area contributed by atoms with E-state index in [4.69, 9.17) is 0 Å². The molecule has 2 amide bonds. The number of carbonyl (C=O) groups excluding carboxylic acids is 2. The standard InChI is InChI=1S/C20H20FN5O2S/c21-15-3-1-2-14(10-15)11-17(27)22-12-18(28)25-5-7-26(8-6-25)19-16-4-9-29-20(16)24-13-23-19/h1-4,9-10,13H,5-8,11-12H2,(H,22,27). The normalized spacial score (nSPS) is 14.2. The molecule has 0 unspecified atom stereocenters. The Morgan fingerprint density at radius 3 is 2.76 bits per heavy atom. The first-order valence-corrected chi connectivity index (χ1v) is 10.2. The Hall–Kier alpha value is -3.07. The number of hydrogen-bond donors (Lipinski definition) is 1. The molecule has 3 aromatic rings. The Kier molecular flexibility index (Phi) is 5.66. The number of piperazine rings is 1. The second-order valence-electron chi connectivity index (χ2n) is 6.79. The smallest absolute Gasteiger partial charge is 0.242 e. The third-order valence-corrected chi connectivity index (χ3v) is 5.68. The second kappa shape index (κ2) is 8.52. The summed E-state index contributed by atoms with van der Waals surface area (Å²) in [5, 5.41) is 5.65. The van der Waals surface area contributed by atoms with Crippen LogP contribution in [0.5, 0.6) is 0 Å². The van der Waals surface area contributed by atoms with Crippen LogP contribution < -0.4 is 10.2 Å². The zero-order valence-corrected chi connectivity index (χ0v) is 16.5. The van der Waals surface area contributed by atoms with Gasteiger partial charge in [0.1, 0.15) is 22.8 Å². The average Bonchev–Trinajstić information content (AvgIpc) is 3.21. The number of benzene rings is 1. The molecular weight excluding hydrogens is 393 g/mol. The lowest BCUT2D eigenvalue weighted by molar-refractivity contribution is -0.133. The van der Waals surface area contributed by atoms with E-state index in [-0.39, 0.29) is 30.6 Å². The van der Waals surface area contributed by atoms with E-state index in [9.17, 15) is 14.0 Å². The van der Waals surface area contributed by atoms with E-state index >= 15 is 0 Å². The van der Waals surface area contributed by atoms with Gasteiger partial charge in [-0.15, -0.1) is 11.3 Å². The van der Waals surface area contributed by atoms with Crippen LogP contribution in [-0.4, -0.2) is 59.4 Å². The van der Waals surface area contributed by atoms with Gasteiger partial charge in [0.2, 0.25) is 11.8 Å². The molecule has 1 aromatic carbocycles. The summed E-state index contributed by atoms with van der Waals surface area (Å²) in [6, 6.07) is 7.90. The highest BCUT2D eigenvalue weighted by Crippen LogP contribution is 2.27. The number of nitrogens with one attached hydrogen (secondary N) is 1. The molecule has 7 nitrogen and oxygen atoms in total. The number of anilines is 1. The van der Waals surface area contributed by atoms with Crippen LogP contribution in [0.1, 0.15) is 5.56 Å². The highest BCUT2D eigenvalue weighted by molar-refractivity contribution is 7.16. The van der Waals surface area contributed by atoms with Gasteiger partial charge in [-0.25, -0.2) is 14.4 Å². The minimum absolute atomic E-state index is 0.0448. The van der Waals surface area contributed by atoms with E-state index in [0.717, 1.165) is 16.0 Å². The Labute approximate surface area is 171 Å². The van der Waals surface area contributed by atoms with Gasteiger partial charge < -0.3 is 15.1 Å². The van der Waals surface area contributed by atoms with E-state index in [2.05, 4.69) is 20.2 Å². The number of carbonyl (C=O) groups is 2. The fourth-order valence-corrected chi connectivity index (χ4v) is 4.10. The van der Waals surface area contributed by atoms with Crippen LogP contribution >= 0.6 is 11.3 Å². The molecule has 0 atom stereocenters. The van der Waals surface area contributed by atoms with Crippen LogP contribution in [0.4, 0.5) is 10.2 Å². The van der Waals surface area contributed by atoms with Gasteiger partial charge >= 0.3 is 0 Å². The number of rotatable bonds is 5. The lowest BCUT2D eigenvalue weighted by atomic mass is 10.1. The number of aromatic nitrogens is 2. The monoisotopic (exact) mass is 413 g/mol. The zero-order chi connectivity index (χ0) is 20.2. The molecule has 29 heavy (non-hydrogen) atoms. The molecule has 4 rings (SSSR count). The zero-order valence-electron chi connectivity index (χ0n) is 15.7. The van der Waals surface area contributed by atoms with Crippen LogP contribution in [0.3, 0.4) is 0 Å². The fourth-order valence-electron chi connectivity index (χ4n) is 3.38. The molecule has 150 valence electrons. The molecule has 0 spiro atoms. The summed E-state index contributed by atoms with van der Waals surface area (Å²) in [5.74, 6) is 0.0865. The molecule has 1 N–H and O–H groups in total. The quantitative estimate of drug-likeness (QED) is 0.691. The maximum atomic E-state index is 13.2. The molecule has 3 heterocycles. The minimum Gasteiger partial charge on any atom is -0.352 e. The largest absolute Gasteiger partial charge is 0.352 e. The molecule has 1 saturated heterocycles. The van der Waals surface area contributed by atoms with Crippen molar-refractivity contribution in [1.29, 1.82) is 0 Å². The number of nitrogens with zero attached hydrogens (tertiary/aromatic N) is 4.